The van der Waals surface area contributed by atoms with Crippen molar-refractivity contribution < 1.29 is 4.79 Å². The Morgan fingerprint density at radius 1 is 1.11 bits per heavy atom. The summed E-state index contributed by atoms with van der Waals surface area (Å²) >= 11 is 0. The van der Waals surface area contributed by atoms with Crippen molar-refractivity contribution in [1.82, 2.24) is 4.90 Å². The summed E-state index contributed by atoms with van der Waals surface area (Å²) in [5.74, 6) is 0.588. The third kappa shape index (κ3) is 4.52. The van der Waals surface area contributed by atoms with Crippen LogP contribution in [0.15, 0.2) is 30.3 Å². The highest BCUT2D eigenvalue weighted by Crippen LogP contribution is 2.19. The second kappa shape index (κ2) is 7.91. The van der Waals surface area contributed by atoms with E-state index in [1.165, 1.54) is 5.56 Å². The minimum atomic E-state index is 0.287. The Morgan fingerprint density at radius 2 is 1.67 bits per heavy atom. The lowest BCUT2D eigenvalue weighted by atomic mass is 9.97. The van der Waals surface area contributed by atoms with E-state index in [1.54, 1.807) is 0 Å². The maximum Gasteiger partial charge on any atom is 0.223 e. The summed E-state index contributed by atoms with van der Waals surface area (Å²) in [4.78, 5) is 14.2. The van der Waals surface area contributed by atoms with Crippen molar-refractivity contribution in [1.29, 1.82) is 0 Å². The van der Waals surface area contributed by atoms with Gasteiger partial charge in [0, 0.05) is 19.5 Å². The average Bonchev–Trinajstić information content (AvgIpc) is 2.39. The van der Waals surface area contributed by atoms with E-state index in [2.05, 4.69) is 32.9 Å². The lowest BCUT2D eigenvalue weighted by Crippen LogP contribution is -2.33. The number of carbonyl (C=O) groups is 1. The van der Waals surface area contributed by atoms with Crippen LogP contribution in [-0.2, 0) is 4.79 Å². The third-order valence-electron chi connectivity index (χ3n) is 3.19. The molecule has 0 N–H and O–H groups in total. The van der Waals surface area contributed by atoms with Crippen LogP contribution >= 0.6 is 0 Å². The van der Waals surface area contributed by atoms with Crippen molar-refractivity contribution in [2.45, 2.75) is 46.0 Å². The maximum absolute atomic E-state index is 12.2. The van der Waals surface area contributed by atoms with Crippen LogP contribution in [0.5, 0.6) is 0 Å². The van der Waals surface area contributed by atoms with Gasteiger partial charge < -0.3 is 4.90 Å². The summed E-state index contributed by atoms with van der Waals surface area (Å²) in [5.41, 5.74) is 1.25. The van der Waals surface area contributed by atoms with Gasteiger partial charge in [-0.1, -0.05) is 51.1 Å². The Labute approximate surface area is 111 Å². The first-order valence-electron chi connectivity index (χ1n) is 7.01. The van der Waals surface area contributed by atoms with Gasteiger partial charge in [0.15, 0.2) is 0 Å². The topological polar surface area (TPSA) is 20.3 Å². The first-order valence-corrected chi connectivity index (χ1v) is 7.01. The maximum atomic E-state index is 12.2. The van der Waals surface area contributed by atoms with Gasteiger partial charge in [-0.05, 0) is 24.3 Å². The number of benzene rings is 1. The summed E-state index contributed by atoms with van der Waals surface area (Å²) in [5, 5.41) is 0. The Morgan fingerprint density at radius 3 is 2.17 bits per heavy atom. The van der Waals surface area contributed by atoms with Crippen LogP contribution in [0.2, 0.25) is 0 Å². The molecule has 0 bridgehead atoms. The summed E-state index contributed by atoms with van der Waals surface area (Å²) in [6.45, 7) is 8.14. The number of carbonyl (C=O) groups excluding carboxylic acids is 1. The van der Waals surface area contributed by atoms with E-state index in [4.69, 9.17) is 0 Å². The fraction of sp³-hybridized carbons (Fsp3) is 0.562. The van der Waals surface area contributed by atoms with Gasteiger partial charge in [-0.3, -0.25) is 4.79 Å². The normalized spacial score (nSPS) is 12.2. The molecule has 1 rings (SSSR count). The number of rotatable bonds is 7. The molecule has 0 aliphatic rings. The molecule has 100 valence electrons. The molecule has 2 heteroatoms. The van der Waals surface area contributed by atoms with Gasteiger partial charge in [0.05, 0.1) is 0 Å². The fourth-order valence-electron chi connectivity index (χ4n) is 2.19. The van der Waals surface area contributed by atoms with Gasteiger partial charge >= 0.3 is 0 Å². The summed E-state index contributed by atoms with van der Waals surface area (Å²) in [6, 6.07) is 10.3. The molecule has 1 unspecified atom stereocenters. The van der Waals surface area contributed by atoms with Crippen LogP contribution in [0.3, 0.4) is 0 Å². The molecule has 1 aromatic rings. The highest BCUT2D eigenvalue weighted by atomic mass is 16.2. The molecule has 0 radical (unpaired) electrons. The zero-order chi connectivity index (χ0) is 13.4. The van der Waals surface area contributed by atoms with Crippen molar-refractivity contribution in [2.75, 3.05) is 13.1 Å². The van der Waals surface area contributed by atoms with Crippen molar-refractivity contribution in [2.24, 2.45) is 0 Å². The Hall–Kier alpha value is -1.31. The molecular formula is C16H25NO. The molecule has 0 spiro atoms. The van der Waals surface area contributed by atoms with Crippen molar-refractivity contribution in [3.8, 4) is 0 Å². The predicted octanol–water partition coefficient (Wildman–Crippen LogP) is 3.83. The Bertz CT molecular complexity index is 341. The standard InChI is InChI=1S/C16H25NO/c1-4-11-17(12-5-2)16(18)13-14(3)15-9-7-6-8-10-15/h6-10,14H,4-5,11-13H2,1-3H3. The van der Waals surface area contributed by atoms with Crippen molar-refractivity contribution >= 4 is 5.91 Å². The molecule has 0 fully saturated rings. The molecule has 1 amide bonds. The molecule has 0 heterocycles. The van der Waals surface area contributed by atoms with E-state index in [0.717, 1.165) is 25.9 Å². The van der Waals surface area contributed by atoms with Crippen LogP contribution in [0.25, 0.3) is 0 Å². The smallest absolute Gasteiger partial charge is 0.223 e. The van der Waals surface area contributed by atoms with Gasteiger partial charge in [0.1, 0.15) is 0 Å². The second-order valence-corrected chi connectivity index (χ2v) is 4.90. The first-order chi connectivity index (χ1) is 8.69. The van der Waals surface area contributed by atoms with Gasteiger partial charge in [-0.15, -0.1) is 0 Å². The fourth-order valence-corrected chi connectivity index (χ4v) is 2.19. The lowest BCUT2D eigenvalue weighted by Gasteiger charge is -2.23. The molecule has 0 aliphatic heterocycles. The highest BCUT2D eigenvalue weighted by molar-refractivity contribution is 5.77. The molecule has 0 aliphatic carbocycles. The summed E-state index contributed by atoms with van der Waals surface area (Å²) in [6.07, 6.45) is 2.68. The number of nitrogens with zero attached hydrogens (tertiary/aromatic N) is 1. The molecule has 18 heavy (non-hydrogen) atoms. The van der Waals surface area contributed by atoms with Crippen molar-refractivity contribution in [3.05, 3.63) is 35.9 Å². The predicted molar refractivity (Wildman–Crippen MR) is 76.6 cm³/mol. The van der Waals surface area contributed by atoms with Crippen LogP contribution < -0.4 is 0 Å². The Kier molecular flexibility index (Phi) is 6.48. The molecule has 0 aromatic heterocycles. The van der Waals surface area contributed by atoms with Crippen LogP contribution in [0, 0.1) is 0 Å². The lowest BCUT2D eigenvalue weighted by molar-refractivity contribution is -0.131. The minimum Gasteiger partial charge on any atom is -0.343 e. The van der Waals surface area contributed by atoms with E-state index in [-0.39, 0.29) is 5.91 Å². The molecule has 1 aromatic carbocycles. The summed E-state index contributed by atoms with van der Waals surface area (Å²) in [7, 11) is 0. The monoisotopic (exact) mass is 247 g/mol. The highest BCUT2D eigenvalue weighted by Gasteiger charge is 2.16. The number of amides is 1. The van der Waals surface area contributed by atoms with Gasteiger partial charge in [0.25, 0.3) is 0 Å². The Balaban J connectivity index is 2.57. The van der Waals surface area contributed by atoms with Crippen LogP contribution in [-0.4, -0.2) is 23.9 Å². The minimum absolute atomic E-state index is 0.287. The zero-order valence-electron chi connectivity index (χ0n) is 11.9. The molecule has 1 atom stereocenters. The van der Waals surface area contributed by atoms with Crippen molar-refractivity contribution in [3.63, 3.8) is 0 Å². The first kappa shape index (κ1) is 14.7. The third-order valence-corrected chi connectivity index (χ3v) is 3.19. The van der Waals surface area contributed by atoms with E-state index < -0.39 is 0 Å². The van der Waals surface area contributed by atoms with Gasteiger partial charge in [0.2, 0.25) is 5.91 Å². The van der Waals surface area contributed by atoms with E-state index in [0.29, 0.717) is 12.3 Å². The largest absolute Gasteiger partial charge is 0.343 e. The average molecular weight is 247 g/mol. The van der Waals surface area contributed by atoms with Gasteiger partial charge in [-0.25, -0.2) is 0 Å². The van der Waals surface area contributed by atoms with Crippen LogP contribution in [0.1, 0.15) is 51.5 Å². The van der Waals surface area contributed by atoms with E-state index in [1.807, 2.05) is 23.1 Å². The molecule has 0 saturated heterocycles. The number of hydrogen-bond donors (Lipinski definition) is 0. The number of hydrogen-bond acceptors (Lipinski definition) is 1. The van der Waals surface area contributed by atoms with E-state index in [9.17, 15) is 4.79 Å². The molecule has 2 nitrogen and oxygen atoms in total. The molecular weight excluding hydrogens is 222 g/mol. The summed E-state index contributed by atoms with van der Waals surface area (Å²) < 4.78 is 0. The van der Waals surface area contributed by atoms with Gasteiger partial charge in [-0.2, -0.15) is 0 Å². The quantitative estimate of drug-likeness (QED) is 0.717. The SMILES string of the molecule is CCCN(CCC)C(=O)CC(C)c1ccccc1. The second-order valence-electron chi connectivity index (χ2n) is 4.90. The zero-order valence-corrected chi connectivity index (χ0v) is 11.9. The molecule has 0 saturated carbocycles. The van der Waals surface area contributed by atoms with Crippen LogP contribution in [0.4, 0.5) is 0 Å². The van der Waals surface area contributed by atoms with E-state index >= 15 is 0 Å².